The molecule has 0 fully saturated rings. The van der Waals surface area contributed by atoms with E-state index in [0.717, 1.165) is 16.3 Å². The molecule has 7 nitrogen and oxygen atoms in total. The molecule has 27 heavy (non-hydrogen) atoms. The zero-order valence-electron chi connectivity index (χ0n) is 15.6. The highest BCUT2D eigenvalue weighted by molar-refractivity contribution is 6.22. The highest BCUT2D eigenvalue weighted by Crippen LogP contribution is 2.24. The second-order valence-electron chi connectivity index (χ2n) is 6.58. The topological polar surface area (TPSA) is 85.7 Å². The van der Waals surface area contributed by atoms with Crippen molar-refractivity contribution in [2.24, 2.45) is 7.05 Å². The quantitative estimate of drug-likeness (QED) is 0.458. The number of ether oxygens (including phenoxy) is 1. The van der Waals surface area contributed by atoms with Crippen molar-refractivity contribution in [3.05, 3.63) is 58.4 Å². The van der Waals surface area contributed by atoms with Gasteiger partial charge in [-0.1, -0.05) is 12.1 Å². The van der Waals surface area contributed by atoms with E-state index >= 15 is 0 Å². The first-order chi connectivity index (χ1) is 12.7. The number of Topliss-reactive ketones (excluding diaryl/α,β-unsaturated/α-hetero) is 1. The minimum atomic E-state index is -1.12. The molecule has 0 saturated heterocycles. The fourth-order valence-corrected chi connectivity index (χ4v) is 3.14. The van der Waals surface area contributed by atoms with Crippen LogP contribution in [0.2, 0.25) is 0 Å². The molecule has 0 N–H and O–H groups in total. The summed E-state index contributed by atoms with van der Waals surface area (Å²) >= 11 is 0. The lowest BCUT2D eigenvalue weighted by molar-refractivity contribution is -0.146. The number of fused-ring (bicyclic) bond motifs is 1. The van der Waals surface area contributed by atoms with Gasteiger partial charge in [-0.05, 0) is 39.0 Å². The summed E-state index contributed by atoms with van der Waals surface area (Å²) in [4.78, 5) is 50.4. The van der Waals surface area contributed by atoms with Gasteiger partial charge >= 0.3 is 5.97 Å². The van der Waals surface area contributed by atoms with Crippen molar-refractivity contribution in [1.29, 1.82) is 0 Å². The van der Waals surface area contributed by atoms with Crippen LogP contribution >= 0.6 is 0 Å². The number of nitrogens with zero attached hydrogens (tertiary/aromatic N) is 2. The number of esters is 1. The van der Waals surface area contributed by atoms with E-state index in [1.807, 2.05) is 25.5 Å². The smallest absolute Gasteiger partial charge is 0.329 e. The Bertz CT molecular complexity index is 938. The monoisotopic (exact) mass is 368 g/mol. The Hall–Kier alpha value is -3.22. The van der Waals surface area contributed by atoms with Crippen molar-refractivity contribution < 1.29 is 23.9 Å². The highest BCUT2D eigenvalue weighted by atomic mass is 16.5. The van der Waals surface area contributed by atoms with Gasteiger partial charge in [0.1, 0.15) is 6.04 Å². The molecule has 1 aromatic carbocycles. The van der Waals surface area contributed by atoms with Crippen molar-refractivity contribution in [2.75, 3.05) is 6.61 Å². The minimum Gasteiger partial charge on any atom is -0.456 e. The van der Waals surface area contributed by atoms with Gasteiger partial charge in [0.05, 0.1) is 11.1 Å². The molecule has 7 heteroatoms. The van der Waals surface area contributed by atoms with Gasteiger partial charge < -0.3 is 9.30 Å². The van der Waals surface area contributed by atoms with E-state index in [4.69, 9.17) is 4.74 Å². The van der Waals surface area contributed by atoms with E-state index < -0.39 is 30.4 Å². The summed E-state index contributed by atoms with van der Waals surface area (Å²) in [6, 6.07) is 7.00. The van der Waals surface area contributed by atoms with Gasteiger partial charge in [0.25, 0.3) is 11.8 Å². The fraction of sp³-hybridized carbons (Fsp3) is 0.300. The van der Waals surface area contributed by atoms with E-state index in [1.165, 1.54) is 19.1 Å². The Balaban J connectivity index is 1.68. The SMILES string of the molecule is Cc1cc(C(=O)COC(=O)[C@@H](C)N2C(=O)c3ccccc3C2=O)c(C)n1C. The van der Waals surface area contributed by atoms with Crippen molar-refractivity contribution >= 4 is 23.6 Å². The molecule has 1 aromatic heterocycles. The zero-order valence-corrected chi connectivity index (χ0v) is 15.6. The molecule has 2 aromatic rings. The Labute approximate surface area is 156 Å². The van der Waals surface area contributed by atoms with Crippen molar-refractivity contribution in [3.8, 4) is 0 Å². The predicted octanol–water partition coefficient (Wildman–Crippen LogP) is 2.05. The Morgan fingerprint density at radius 2 is 1.63 bits per heavy atom. The fourth-order valence-electron chi connectivity index (χ4n) is 3.14. The van der Waals surface area contributed by atoms with Crippen molar-refractivity contribution in [3.63, 3.8) is 0 Å². The number of carbonyl (C=O) groups is 4. The van der Waals surface area contributed by atoms with E-state index in [9.17, 15) is 19.2 Å². The molecule has 0 aliphatic carbocycles. The molecular formula is C20H20N2O5. The first-order valence-corrected chi connectivity index (χ1v) is 8.53. The minimum absolute atomic E-state index is 0.258. The molecule has 1 aliphatic rings. The van der Waals surface area contributed by atoms with Crippen LogP contribution in [0.5, 0.6) is 0 Å². The number of ketones is 1. The second kappa shape index (κ2) is 6.83. The predicted molar refractivity (Wildman–Crippen MR) is 96.6 cm³/mol. The van der Waals surface area contributed by atoms with Crippen LogP contribution in [0.15, 0.2) is 30.3 Å². The van der Waals surface area contributed by atoms with Crippen LogP contribution in [0.1, 0.15) is 49.4 Å². The number of imide groups is 1. The lowest BCUT2D eigenvalue weighted by Crippen LogP contribution is -2.44. The van der Waals surface area contributed by atoms with Gasteiger partial charge in [-0.25, -0.2) is 4.79 Å². The number of hydrogen-bond donors (Lipinski definition) is 0. The number of amides is 2. The maximum Gasteiger partial charge on any atom is 0.329 e. The molecule has 2 amide bonds. The van der Waals surface area contributed by atoms with Gasteiger partial charge in [-0.3, -0.25) is 19.3 Å². The Morgan fingerprint density at radius 3 is 2.11 bits per heavy atom. The number of aryl methyl sites for hydroxylation is 1. The van der Waals surface area contributed by atoms with E-state index in [2.05, 4.69) is 0 Å². The lowest BCUT2D eigenvalue weighted by Gasteiger charge is -2.20. The molecule has 0 saturated carbocycles. The van der Waals surface area contributed by atoms with Crippen LogP contribution in [0.25, 0.3) is 0 Å². The van der Waals surface area contributed by atoms with Gasteiger partial charge in [-0.2, -0.15) is 0 Å². The normalized spacial score (nSPS) is 14.3. The number of carbonyl (C=O) groups excluding carboxylic acids is 4. The number of aromatic nitrogens is 1. The van der Waals surface area contributed by atoms with Crippen LogP contribution in [0, 0.1) is 13.8 Å². The third kappa shape index (κ3) is 3.05. The highest BCUT2D eigenvalue weighted by Gasteiger charge is 2.41. The third-order valence-electron chi connectivity index (χ3n) is 4.98. The van der Waals surface area contributed by atoms with Crippen molar-refractivity contribution in [2.45, 2.75) is 26.8 Å². The maximum atomic E-state index is 12.4. The maximum absolute atomic E-state index is 12.4. The summed E-state index contributed by atoms with van der Waals surface area (Å²) < 4.78 is 6.96. The average molecular weight is 368 g/mol. The van der Waals surface area contributed by atoms with E-state index in [-0.39, 0.29) is 16.9 Å². The summed E-state index contributed by atoms with van der Waals surface area (Å²) in [5.74, 6) is -2.22. The van der Waals surface area contributed by atoms with Crippen LogP contribution in [-0.4, -0.2) is 45.7 Å². The van der Waals surface area contributed by atoms with Gasteiger partial charge in [0.15, 0.2) is 6.61 Å². The van der Waals surface area contributed by atoms with Crippen molar-refractivity contribution in [1.82, 2.24) is 9.47 Å². The summed E-state index contributed by atoms with van der Waals surface area (Å²) in [5.41, 5.74) is 2.70. The van der Waals surface area contributed by atoms with Gasteiger partial charge in [-0.15, -0.1) is 0 Å². The molecule has 2 heterocycles. The Morgan fingerprint density at radius 1 is 1.07 bits per heavy atom. The molecule has 0 bridgehead atoms. The Kier molecular flexibility index (Phi) is 4.70. The van der Waals surface area contributed by atoms with Crippen LogP contribution in [0.4, 0.5) is 0 Å². The van der Waals surface area contributed by atoms with Crippen LogP contribution in [-0.2, 0) is 16.6 Å². The van der Waals surface area contributed by atoms with Gasteiger partial charge in [0, 0.05) is 24.0 Å². The molecular weight excluding hydrogens is 348 g/mol. The van der Waals surface area contributed by atoms with Crippen LogP contribution < -0.4 is 0 Å². The first kappa shape index (κ1) is 18.6. The third-order valence-corrected chi connectivity index (χ3v) is 4.98. The summed E-state index contributed by atoms with van der Waals surface area (Å²) in [5, 5.41) is 0. The molecule has 1 atom stereocenters. The standard InChI is InChI=1S/C20H20N2O5/c1-11-9-16(12(2)21(11)4)17(23)10-27-20(26)13(3)22-18(24)14-7-5-6-8-15(14)19(22)25/h5-9,13H,10H2,1-4H3/t13-/m1/s1. The molecule has 0 unspecified atom stereocenters. The summed E-state index contributed by atoms with van der Waals surface area (Å²) in [6.07, 6.45) is 0. The second-order valence-corrected chi connectivity index (χ2v) is 6.58. The van der Waals surface area contributed by atoms with Gasteiger partial charge in [0.2, 0.25) is 5.78 Å². The summed E-state index contributed by atoms with van der Waals surface area (Å²) in [7, 11) is 1.85. The molecule has 1 aliphatic heterocycles. The molecule has 0 radical (unpaired) electrons. The first-order valence-electron chi connectivity index (χ1n) is 8.53. The summed E-state index contributed by atoms with van der Waals surface area (Å²) in [6.45, 7) is 4.65. The lowest BCUT2D eigenvalue weighted by atomic mass is 10.1. The zero-order chi connectivity index (χ0) is 19.9. The average Bonchev–Trinajstić information content (AvgIpc) is 3.07. The molecule has 140 valence electrons. The molecule has 3 rings (SSSR count). The number of hydrogen-bond acceptors (Lipinski definition) is 5. The van der Waals surface area contributed by atoms with E-state index in [0.29, 0.717) is 5.56 Å². The number of rotatable bonds is 5. The van der Waals surface area contributed by atoms with E-state index in [1.54, 1.807) is 18.2 Å². The number of benzene rings is 1. The largest absolute Gasteiger partial charge is 0.456 e. The molecule has 0 spiro atoms. The van der Waals surface area contributed by atoms with Crippen LogP contribution in [0.3, 0.4) is 0 Å².